The minimum absolute atomic E-state index is 0.105. The molecule has 0 aliphatic rings. The van der Waals surface area contributed by atoms with Gasteiger partial charge in [-0.05, 0) is 30.3 Å². The van der Waals surface area contributed by atoms with Crippen molar-refractivity contribution in [3.8, 4) is 11.3 Å². The number of fused-ring (bicyclic) bond motifs is 1. The number of rotatable bonds is 4. The first-order valence-electron chi connectivity index (χ1n) is 8.06. The van der Waals surface area contributed by atoms with Gasteiger partial charge in [-0.2, -0.15) is 5.10 Å². The third-order valence-corrected chi connectivity index (χ3v) is 4.44. The molecule has 1 aromatic carbocycles. The Morgan fingerprint density at radius 1 is 1.15 bits per heavy atom. The second kappa shape index (κ2) is 7.16. The van der Waals surface area contributed by atoms with Gasteiger partial charge in [0.2, 0.25) is 0 Å². The van der Waals surface area contributed by atoms with Gasteiger partial charge in [0.15, 0.2) is 0 Å². The van der Waals surface area contributed by atoms with Crippen LogP contribution in [-0.4, -0.2) is 25.6 Å². The molecule has 3 aromatic heterocycles. The van der Waals surface area contributed by atoms with Crippen molar-refractivity contribution >= 4 is 27.5 Å². The van der Waals surface area contributed by atoms with Gasteiger partial charge in [0, 0.05) is 22.3 Å². The molecule has 134 valence electrons. The van der Waals surface area contributed by atoms with E-state index >= 15 is 0 Å². The fraction of sp³-hybridized carbons (Fsp3) is 0.0526. The summed E-state index contributed by atoms with van der Waals surface area (Å²) in [6.45, 7) is -0.105. The second-order valence-electron chi connectivity index (χ2n) is 5.76. The molecular weight excluding hydrogens is 412 g/mol. The number of H-pyrrole nitrogens is 1. The Kier molecular flexibility index (Phi) is 4.55. The zero-order valence-electron chi connectivity index (χ0n) is 13.9. The van der Waals surface area contributed by atoms with E-state index in [1.165, 1.54) is 10.5 Å². The fourth-order valence-corrected chi connectivity index (χ4v) is 2.85. The van der Waals surface area contributed by atoms with Gasteiger partial charge in [-0.15, -0.1) is 0 Å². The lowest BCUT2D eigenvalue weighted by Gasteiger charge is -2.04. The summed E-state index contributed by atoms with van der Waals surface area (Å²) in [4.78, 5) is 28.6. The number of aromatic nitrogens is 4. The fourth-order valence-electron chi connectivity index (χ4n) is 2.59. The van der Waals surface area contributed by atoms with E-state index in [1.54, 1.807) is 30.5 Å². The number of hydrogen-bond acceptors (Lipinski definition) is 5. The lowest BCUT2D eigenvalue weighted by molar-refractivity contribution is 0.0460. The first-order chi connectivity index (χ1) is 13.1. The molecule has 0 atom stereocenters. The van der Waals surface area contributed by atoms with Crippen LogP contribution in [0.3, 0.4) is 0 Å². The highest BCUT2D eigenvalue weighted by Gasteiger charge is 2.13. The molecule has 4 aromatic rings. The Balaban J connectivity index is 1.48. The molecule has 3 heterocycles. The van der Waals surface area contributed by atoms with Crippen molar-refractivity contribution in [3.05, 3.63) is 87.0 Å². The monoisotopic (exact) mass is 424 g/mol. The van der Waals surface area contributed by atoms with Crippen molar-refractivity contribution in [3.63, 3.8) is 0 Å². The zero-order valence-corrected chi connectivity index (χ0v) is 15.5. The van der Waals surface area contributed by atoms with Crippen LogP contribution in [0.5, 0.6) is 0 Å². The molecule has 27 heavy (non-hydrogen) atoms. The van der Waals surface area contributed by atoms with Gasteiger partial charge in [0.05, 0.1) is 11.4 Å². The molecule has 0 bridgehead atoms. The van der Waals surface area contributed by atoms with E-state index in [1.807, 2.05) is 24.3 Å². The van der Waals surface area contributed by atoms with Crippen molar-refractivity contribution in [1.29, 1.82) is 0 Å². The van der Waals surface area contributed by atoms with Crippen molar-refractivity contribution in [2.45, 2.75) is 6.61 Å². The predicted octanol–water partition coefficient (Wildman–Crippen LogP) is 3.20. The Labute approximate surface area is 161 Å². The summed E-state index contributed by atoms with van der Waals surface area (Å²) in [7, 11) is 0. The maximum absolute atomic E-state index is 12.3. The van der Waals surface area contributed by atoms with Gasteiger partial charge in [0.25, 0.3) is 5.56 Å². The maximum Gasteiger partial charge on any atom is 0.356 e. The Morgan fingerprint density at radius 3 is 2.78 bits per heavy atom. The summed E-state index contributed by atoms with van der Waals surface area (Å²) in [5.41, 5.74) is 2.38. The Morgan fingerprint density at radius 2 is 1.96 bits per heavy atom. The van der Waals surface area contributed by atoms with Crippen LogP contribution in [0, 0.1) is 0 Å². The number of pyridine rings is 1. The molecule has 0 aliphatic carbocycles. The molecule has 0 spiro atoms. The van der Waals surface area contributed by atoms with Crippen LogP contribution in [0.15, 0.2) is 70.1 Å². The topological polar surface area (TPSA) is 89.3 Å². The number of ether oxygens (including phenoxy) is 1. The van der Waals surface area contributed by atoms with Crippen molar-refractivity contribution < 1.29 is 9.53 Å². The number of hydrogen-bond donors (Lipinski definition) is 1. The number of carbonyl (C=O) groups excluding carboxylic acids is 1. The number of halogens is 1. The summed E-state index contributed by atoms with van der Waals surface area (Å²) in [6.07, 6.45) is 1.63. The highest BCUT2D eigenvalue weighted by Crippen LogP contribution is 2.20. The zero-order chi connectivity index (χ0) is 18.8. The number of nitrogens with one attached hydrogen (secondary N) is 1. The first-order valence-corrected chi connectivity index (χ1v) is 8.85. The molecule has 0 radical (unpaired) electrons. The van der Waals surface area contributed by atoms with E-state index in [0.717, 1.165) is 10.0 Å². The number of nitrogens with zero attached hydrogens (tertiary/aromatic N) is 3. The van der Waals surface area contributed by atoms with Crippen LogP contribution in [0.1, 0.15) is 16.2 Å². The second-order valence-corrected chi connectivity index (χ2v) is 6.68. The molecule has 1 N–H and O–H groups in total. The highest BCUT2D eigenvalue weighted by atomic mass is 79.9. The minimum atomic E-state index is -0.569. The van der Waals surface area contributed by atoms with Crippen molar-refractivity contribution in [2.24, 2.45) is 0 Å². The van der Waals surface area contributed by atoms with Gasteiger partial charge in [0.1, 0.15) is 17.9 Å². The van der Waals surface area contributed by atoms with Gasteiger partial charge >= 0.3 is 5.97 Å². The van der Waals surface area contributed by atoms with E-state index in [-0.39, 0.29) is 17.9 Å². The molecule has 0 aliphatic heterocycles. The van der Waals surface area contributed by atoms with Crippen molar-refractivity contribution in [1.82, 2.24) is 19.6 Å². The molecule has 8 heteroatoms. The van der Waals surface area contributed by atoms with Crippen LogP contribution >= 0.6 is 15.9 Å². The number of benzene rings is 1. The maximum atomic E-state index is 12.3. The Hall–Kier alpha value is -3.26. The van der Waals surface area contributed by atoms with Crippen LogP contribution in [0.25, 0.3) is 16.9 Å². The predicted molar refractivity (Wildman–Crippen MR) is 102 cm³/mol. The van der Waals surface area contributed by atoms with E-state index in [4.69, 9.17) is 4.74 Å². The average molecular weight is 425 g/mol. The summed E-state index contributed by atoms with van der Waals surface area (Å²) in [6, 6.07) is 15.8. The molecular formula is C19H13BrN4O3. The van der Waals surface area contributed by atoms with Crippen LogP contribution < -0.4 is 5.56 Å². The summed E-state index contributed by atoms with van der Waals surface area (Å²) < 4.78 is 7.64. The quantitative estimate of drug-likeness (QED) is 0.508. The average Bonchev–Trinajstić information content (AvgIpc) is 3.17. The molecule has 0 amide bonds. The van der Waals surface area contributed by atoms with E-state index < -0.39 is 5.97 Å². The van der Waals surface area contributed by atoms with Crippen LogP contribution in [0.2, 0.25) is 0 Å². The highest BCUT2D eigenvalue weighted by molar-refractivity contribution is 9.10. The Bertz CT molecular complexity index is 1180. The van der Waals surface area contributed by atoms with E-state index in [0.29, 0.717) is 17.0 Å². The van der Waals surface area contributed by atoms with Gasteiger partial charge < -0.3 is 4.74 Å². The number of carbonyl (C=O) groups is 1. The number of aromatic amines is 1. The largest absolute Gasteiger partial charge is 0.454 e. The van der Waals surface area contributed by atoms with Gasteiger partial charge in [-0.3, -0.25) is 14.3 Å². The number of esters is 1. The SMILES string of the molecule is O=C(OCc1cc(=O)n2ccccc2n1)c1cc(-c2ccc(Br)cc2)n[nH]1. The smallest absolute Gasteiger partial charge is 0.356 e. The lowest BCUT2D eigenvalue weighted by Crippen LogP contribution is -2.16. The van der Waals surface area contributed by atoms with Gasteiger partial charge in [-0.25, -0.2) is 9.78 Å². The molecule has 0 unspecified atom stereocenters. The molecule has 0 saturated heterocycles. The summed E-state index contributed by atoms with van der Waals surface area (Å²) >= 11 is 3.38. The minimum Gasteiger partial charge on any atom is -0.454 e. The molecule has 7 nitrogen and oxygen atoms in total. The summed E-state index contributed by atoms with van der Waals surface area (Å²) in [5, 5.41) is 6.81. The van der Waals surface area contributed by atoms with Crippen LogP contribution in [0.4, 0.5) is 0 Å². The third kappa shape index (κ3) is 3.65. The molecule has 4 rings (SSSR count). The summed E-state index contributed by atoms with van der Waals surface area (Å²) in [5.74, 6) is -0.569. The third-order valence-electron chi connectivity index (χ3n) is 3.91. The first kappa shape index (κ1) is 17.2. The van der Waals surface area contributed by atoms with E-state index in [9.17, 15) is 9.59 Å². The normalized spacial score (nSPS) is 10.9. The van der Waals surface area contributed by atoms with E-state index in [2.05, 4.69) is 31.1 Å². The standard InChI is InChI=1S/C19H13BrN4O3/c20-13-6-4-12(5-7-13)15-10-16(23-22-15)19(26)27-11-14-9-18(25)24-8-2-1-3-17(24)21-14/h1-10H,11H2,(H,22,23). The van der Waals surface area contributed by atoms with Gasteiger partial charge in [-0.1, -0.05) is 34.1 Å². The molecule has 0 fully saturated rings. The van der Waals surface area contributed by atoms with Crippen molar-refractivity contribution in [2.75, 3.05) is 0 Å². The molecule has 0 saturated carbocycles. The lowest BCUT2D eigenvalue weighted by atomic mass is 10.1. The van der Waals surface area contributed by atoms with Crippen LogP contribution in [-0.2, 0) is 11.3 Å².